The van der Waals surface area contributed by atoms with Crippen LogP contribution in [0.25, 0.3) is 17.7 Å². The normalized spacial score (nSPS) is 20.5. The highest BCUT2D eigenvalue weighted by atomic mass is 16.2. The number of rotatable bonds is 1. The van der Waals surface area contributed by atoms with Crippen LogP contribution in [0.3, 0.4) is 0 Å². The molecule has 0 bridgehead atoms. The molecule has 2 aromatic carbocycles. The molecule has 2 aromatic rings. The van der Waals surface area contributed by atoms with Crippen molar-refractivity contribution in [3.05, 3.63) is 65.2 Å². The number of hydrogen-bond acceptors (Lipinski definition) is 2. The summed E-state index contributed by atoms with van der Waals surface area (Å²) >= 11 is 0. The molecular weight excluding hydrogens is 284 g/mol. The van der Waals surface area contributed by atoms with E-state index >= 15 is 0 Å². The molecule has 1 unspecified atom stereocenters. The third-order valence-electron chi connectivity index (χ3n) is 4.29. The Balaban J connectivity index is 1.75. The van der Waals surface area contributed by atoms with E-state index < -0.39 is 0 Å². The first-order chi connectivity index (χ1) is 11.2. The maximum atomic E-state index is 12.2. The van der Waals surface area contributed by atoms with E-state index in [9.17, 15) is 4.79 Å². The van der Waals surface area contributed by atoms with Gasteiger partial charge in [0.25, 0.3) is 5.91 Å². The molecule has 114 valence electrons. The highest BCUT2D eigenvalue weighted by Crippen LogP contribution is 2.33. The van der Waals surface area contributed by atoms with Gasteiger partial charge in [-0.1, -0.05) is 42.5 Å². The first-order valence-corrected chi connectivity index (χ1v) is 7.90. The summed E-state index contributed by atoms with van der Waals surface area (Å²) in [6, 6.07) is 14.5. The molecule has 0 radical (unpaired) electrons. The number of fused-ring (bicyclic) bond motifs is 2. The topological polar surface area (TPSA) is 41.1 Å². The van der Waals surface area contributed by atoms with Gasteiger partial charge in [-0.25, -0.2) is 0 Å². The Morgan fingerprint density at radius 3 is 2.91 bits per heavy atom. The van der Waals surface area contributed by atoms with Gasteiger partial charge >= 0.3 is 0 Å². The van der Waals surface area contributed by atoms with Gasteiger partial charge in [-0.15, -0.1) is 0 Å². The molecule has 0 spiro atoms. The van der Waals surface area contributed by atoms with Gasteiger partial charge in [0, 0.05) is 28.6 Å². The van der Waals surface area contributed by atoms with Gasteiger partial charge in [0.1, 0.15) is 0 Å². The zero-order valence-corrected chi connectivity index (χ0v) is 13.0. The van der Waals surface area contributed by atoms with Crippen LogP contribution in [-0.4, -0.2) is 11.9 Å². The SMILES string of the molecule is CC1CC=Cc2ccc(C=C3C(=O)Nc4ccccc43)cc2N1. The predicted molar refractivity (Wildman–Crippen MR) is 96.1 cm³/mol. The smallest absolute Gasteiger partial charge is 0.256 e. The maximum Gasteiger partial charge on any atom is 0.256 e. The van der Waals surface area contributed by atoms with E-state index in [0.717, 1.165) is 34.5 Å². The molecule has 1 atom stereocenters. The van der Waals surface area contributed by atoms with Gasteiger partial charge in [-0.05, 0) is 42.7 Å². The van der Waals surface area contributed by atoms with E-state index in [0.29, 0.717) is 6.04 Å². The minimum atomic E-state index is -0.0395. The number of anilines is 2. The van der Waals surface area contributed by atoms with E-state index in [2.05, 4.69) is 47.9 Å². The van der Waals surface area contributed by atoms with Crippen LogP contribution >= 0.6 is 0 Å². The number of para-hydroxylation sites is 1. The molecule has 3 heteroatoms. The number of benzene rings is 2. The summed E-state index contributed by atoms with van der Waals surface area (Å²) in [5.41, 5.74) is 5.90. The second kappa shape index (κ2) is 5.43. The van der Waals surface area contributed by atoms with Crippen molar-refractivity contribution in [2.24, 2.45) is 0 Å². The number of carbonyl (C=O) groups is 1. The highest BCUT2D eigenvalue weighted by Gasteiger charge is 2.23. The summed E-state index contributed by atoms with van der Waals surface area (Å²) in [6.07, 6.45) is 7.33. The lowest BCUT2D eigenvalue weighted by Crippen LogP contribution is -2.13. The van der Waals surface area contributed by atoms with Crippen LogP contribution in [-0.2, 0) is 4.79 Å². The fourth-order valence-corrected chi connectivity index (χ4v) is 3.11. The lowest BCUT2D eigenvalue weighted by molar-refractivity contribution is -0.110. The molecule has 3 nitrogen and oxygen atoms in total. The molecule has 4 rings (SSSR count). The Morgan fingerprint density at radius 1 is 1.13 bits per heavy atom. The first kappa shape index (κ1) is 13.8. The number of carbonyl (C=O) groups excluding carboxylic acids is 1. The maximum absolute atomic E-state index is 12.2. The molecule has 23 heavy (non-hydrogen) atoms. The summed E-state index contributed by atoms with van der Waals surface area (Å²) in [5, 5.41) is 6.44. The second-order valence-electron chi connectivity index (χ2n) is 6.09. The Morgan fingerprint density at radius 2 is 2.00 bits per heavy atom. The number of hydrogen-bond donors (Lipinski definition) is 2. The van der Waals surface area contributed by atoms with Gasteiger partial charge < -0.3 is 10.6 Å². The molecule has 2 aliphatic rings. The summed E-state index contributed by atoms with van der Waals surface area (Å²) in [4.78, 5) is 12.2. The Labute approximate surface area is 135 Å². The van der Waals surface area contributed by atoms with E-state index in [4.69, 9.17) is 0 Å². The lowest BCUT2D eigenvalue weighted by atomic mass is 10.0. The zero-order valence-electron chi connectivity index (χ0n) is 13.0. The van der Waals surface area contributed by atoms with Crippen LogP contribution in [0.15, 0.2) is 48.5 Å². The molecule has 0 fully saturated rings. The Hall–Kier alpha value is -2.81. The monoisotopic (exact) mass is 302 g/mol. The zero-order chi connectivity index (χ0) is 15.8. The highest BCUT2D eigenvalue weighted by molar-refractivity contribution is 6.34. The molecular formula is C20H18N2O. The van der Waals surface area contributed by atoms with Crippen LogP contribution in [0.2, 0.25) is 0 Å². The van der Waals surface area contributed by atoms with Crippen LogP contribution in [0, 0.1) is 0 Å². The molecule has 2 aliphatic heterocycles. The van der Waals surface area contributed by atoms with E-state index in [1.807, 2.05) is 30.3 Å². The van der Waals surface area contributed by atoms with Crippen LogP contribution in [0.1, 0.15) is 30.0 Å². The summed E-state index contributed by atoms with van der Waals surface area (Å²) in [5.74, 6) is -0.0395. The third-order valence-corrected chi connectivity index (χ3v) is 4.29. The standard InChI is InChI=1S/C20H18N2O/c1-13-5-4-6-15-10-9-14(12-19(15)21-13)11-17-16-7-2-3-8-18(16)22-20(17)23/h2-4,6-13,21H,5H2,1H3,(H,22,23). The lowest BCUT2D eigenvalue weighted by Gasteiger charge is -2.13. The van der Waals surface area contributed by atoms with E-state index in [-0.39, 0.29) is 5.91 Å². The van der Waals surface area contributed by atoms with Crippen molar-refractivity contribution >= 4 is 35.0 Å². The average Bonchev–Trinajstić information content (AvgIpc) is 2.73. The fourth-order valence-electron chi connectivity index (χ4n) is 3.11. The third kappa shape index (κ3) is 2.55. The van der Waals surface area contributed by atoms with Gasteiger partial charge in [-0.3, -0.25) is 4.79 Å². The molecule has 0 aromatic heterocycles. The summed E-state index contributed by atoms with van der Waals surface area (Å²) in [6.45, 7) is 2.17. The first-order valence-electron chi connectivity index (χ1n) is 7.90. The van der Waals surface area contributed by atoms with Gasteiger partial charge in [0.05, 0.1) is 0 Å². The Kier molecular flexibility index (Phi) is 3.27. The molecule has 0 saturated carbocycles. The molecule has 2 heterocycles. The molecule has 0 aliphatic carbocycles. The van der Waals surface area contributed by atoms with Crippen LogP contribution in [0.4, 0.5) is 11.4 Å². The Bertz CT molecular complexity index is 848. The van der Waals surface area contributed by atoms with Gasteiger partial charge in [-0.2, -0.15) is 0 Å². The van der Waals surface area contributed by atoms with Crippen molar-refractivity contribution in [1.82, 2.24) is 0 Å². The van der Waals surface area contributed by atoms with Crippen molar-refractivity contribution in [3.63, 3.8) is 0 Å². The van der Waals surface area contributed by atoms with Crippen molar-refractivity contribution in [2.45, 2.75) is 19.4 Å². The fraction of sp³-hybridized carbons (Fsp3) is 0.150. The van der Waals surface area contributed by atoms with E-state index in [1.165, 1.54) is 5.56 Å². The largest absolute Gasteiger partial charge is 0.382 e. The van der Waals surface area contributed by atoms with Crippen molar-refractivity contribution in [2.75, 3.05) is 10.6 Å². The van der Waals surface area contributed by atoms with Gasteiger partial charge in [0.2, 0.25) is 0 Å². The number of nitrogens with one attached hydrogen (secondary N) is 2. The number of amides is 1. The minimum absolute atomic E-state index is 0.0395. The second-order valence-corrected chi connectivity index (χ2v) is 6.09. The minimum Gasteiger partial charge on any atom is -0.382 e. The quantitative estimate of drug-likeness (QED) is 0.767. The summed E-state index contributed by atoms with van der Waals surface area (Å²) < 4.78 is 0. The van der Waals surface area contributed by atoms with Crippen molar-refractivity contribution in [1.29, 1.82) is 0 Å². The van der Waals surface area contributed by atoms with Crippen LogP contribution in [0.5, 0.6) is 0 Å². The van der Waals surface area contributed by atoms with Gasteiger partial charge in [0.15, 0.2) is 0 Å². The van der Waals surface area contributed by atoms with Crippen LogP contribution < -0.4 is 10.6 Å². The molecule has 1 amide bonds. The molecule has 0 saturated heterocycles. The van der Waals surface area contributed by atoms with Crippen molar-refractivity contribution < 1.29 is 4.79 Å². The van der Waals surface area contributed by atoms with Crippen molar-refractivity contribution in [3.8, 4) is 0 Å². The predicted octanol–water partition coefficient (Wildman–Crippen LogP) is 4.40. The average molecular weight is 302 g/mol. The van der Waals surface area contributed by atoms with E-state index in [1.54, 1.807) is 0 Å². The summed E-state index contributed by atoms with van der Waals surface area (Å²) in [7, 11) is 0. The molecule has 2 N–H and O–H groups in total.